The fraction of sp³-hybridized carbons (Fsp3) is 0.905. The van der Waals surface area contributed by atoms with Crippen molar-refractivity contribution in [3.8, 4) is 0 Å². The Labute approximate surface area is 165 Å². The van der Waals surface area contributed by atoms with Crippen LogP contribution in [0.25, 0.3) is 0 Å². The van der Waals surface area contributed by atoms with E-state index < -0.39 is 0 Å². The normalized spacial score (nSPS) is 25.5. The van der Waals surface area contributed by atoms with Crippen LogP contribution in [0.5, 0.6) is 0 Å². The third-order valence-electron chi connectivity index (χ3n) is 5.92. The van der Waals surface area contributed by atoms with Crippen LogP contribution in [0.2, 0.25) is 0 Å². The molecule has 0 aromatic heterocycles. The molecule has 0 aromatic rings. The topological polar surface area (TPSA) is 47.1 Å². The number of carbonyl (C=O) groups is 2. The largest absolute Gasteiger partial charge is 0.348 e. The molecular formula is C21H40N4O2. The van der Waals surface area contributed by atoms with Crippen LogP contribution >= 0.6 is 0 Å². The van der Waals surface area contributed by atoms with Gasteiger partial charge in [-0.3, -0.25) is 19.4 Å². The fourth-order valence-corrected chi connectivity index (χ4v) is 4.11. The van der Waals surface area contributed by atoms with Crippen LogP contribution in [-0.2, 0) is 9.59 Å². The number of likely N-dealkylation sites (N-methyl/N-ethyl adjacent to an activating group) is 1. The summed E-state index contributed by atoms with van der Waals surface area (Å²) in [6.45, 7) is 16.1. The van der Waals surface area contributed by atoms with E-state index in [0.29, 0.717) is 30.7 Å². The van der Waals surface area contributed by atoms with Gasteiger partial charge in [0.15, 0.2) is 0 Å². The van der Waals surface area contributed by atoms with Gasteiger partial charge in [-0.1, -0.05) is 27.7 Å². The molecule has 156 valence electrons. The standard InChI is InChI=1S/C21H40N4O2/c1-17-14-24(16-20(27)22(5)6)8-7-18(17)15-23-9-11-25(12-10-23)19(26)13-21(2,3)4/h17-18H,7-16H2,1-6H3/t17-,18?/m0/s1. The predicted octanol–water partition coefficient (Wildman–Crippen LogP) is 1.61. The Morgan fingerprint density at radius 2 is 1.63 bits per heavy atom. The lowest BCUT2D eigenvalue weighted by Crippen LogP contribution is -2.52. The Bertz CT molecular complexity index is 507. The highest BCUT2D eigenvalue weighted by atomic mass is 16.2. The second-order valence-electron chi connectivity index (χ2n) is 9.97. The third-order valence-corrected chi connectivity index (χ3v) is 5.92. The quantitative estimate of drug-likeness (QED) is 0.727. The number of hydrogen-bond donors (Lipinski definition) is 0. The molecule has 0 radical (unpaired) electrons. The molecule has 0 spiro atoms. The molecule has 2 rings (SSSR count). The summed E-state index contributed by atoms with van der Waals surface area (Å²) in [6, 6.07) is 0. The summed E-state index contributed by atoms with van der Waals surface area (Å²) >= 11 is 0. The Balaban J connectivity index is 1.73. The Morgan fingerprint density at radius 1 is 1.00 bits per heavy atom. The molecule has 2 aliphatic rings. The summed E-state index contributed by atoms with van der Waals surface area (Å²) in [5.74, 6) is 1.79. The van der Waals surface area contributed by atoms with Crippen LogP contribution in [0.3, 0.4) is 0 Å². The maximum absolute atomic E-state index is 12.4. The summed E-state index contributed by atoms with van der Waals surface area (Å²) < 4.78 is 0. The van der Waals surface area contributed by atoms with Crippen molar-refractivity contribution >= 4 is 11.8 Å². The van der Waals surface area contributed by atoms with Gasteiger partial charge in [0.1, 0.15) is 0 Å². The highest BCUT2D eigenvalue weighted by molar-refractivity contribution is 5.77. The summed E-state index contributed by atoms with van der Waals surface area (Å²) in [6.07, 6.45) is 1.79. The Morgan fingerprint density at radius 3 is 2.15 bits per heavy atom. The van der Waals surface area contributed by atoms with Crippen molar-refractivity contribution < 1.29 is 9.59 Å². The molecule has 2 amide bonds. The number of piperazine rings is 1. The van der Waals surface area contributed by atoms with Crippen molar-refractivity contribution in [3.63, 3.8) is 0 Å². The highest BCUT2D eigenvalue weighted by Gasteiger charge is 2.30. The van der Waals surface area contributed by atoms with E-state index in [0.717, 1.165) is 52.2 Å². The van der Waals surface area contributed by atoms with E-state index in [4.69, 9.17) is 0 Å². The molecule has 0 bridgehead atoms. The molecule has 0 N–H and O–H groups in total. The molecule has 2 atom stereocenters. The monoisotopic (exact) mass is 380 g/mol. The van der Waals surface area contributed by atoms with Gasteiger partial charge in [-0.2, -0.15) is 0 Å². The summed E-state index contributed by atoms with van der Waals surface area (Å²) in [7, 11) is 3.65. The summed E-state index contributed by atoms with van der Waals surface area (Å²) in [5.41, 5.74) is 0.0611. The molecule has 2 heterocycles. The molecule has 0 aromatic carbocycles. The number of rotatable bonds is 5. The zero-order valence-electron chi connectivity index (χ0n) is 18.3. The van der Waals surface area contributed by atoms with Crippen LogP contribution in [0, 0.1) is 17.3 Å². The number of likely N-dealkylation sites (tertiary alicyclic amines) is 1. The SMILES string of the molecule is C[C@H]1CN(CC(=O)N(C)C)CCC1CN1CCN(C(=O)CC(C)(C)C)CC1. The number of nitrogens with zero attached hydrogens (tertiary/aromatic N) is 4. The first-order chi connectivity index (χ1) is 12.5. The Kier molecular flexibility index (Phi) is 7.69. The first-order valence-electron chi connectivity index (χ1n) is 10.5. The smallest absolute Gasteiger partial charge is 0.236 e. The molecule has 2 saturated heterocycles. The first kappa shape index (κ1) is 22.2. The predicted molar refractivity (Wildman–Crippen MR) is 109 cm³/mol. The minimum atomic E-state index is 0.0611. The van der Waals surface area contributed by atoms with Crippen molar-refractivity contribution in [1.82, 2.24) is 19.6 Å². The van der Waals surface area contributed by atoms with E-state index in [-0.39, 0.29) is 11.3 Å². The maximum atomic E-state index is 12.4. The molecule has 2 aliphatic heterocycles. The van der Waals surface area contributed by atoms with Crippen molar-refractivity contribution in [2.75, 3.05) is 66.5 Å². The van der Waals surface area contributed by atoms with E-state index in [1.165, 1.54) is 0 Å². The molecular weight excluding hydrogens is 340 g/mol. The molecule has 0 saturated carbocycles. The van der Waals surface area contributed by atoms with Crippen molar-refractivity contribution in [2.45, 2.75) is 40.5 Å². The number of amides is 2. The molecule has 1 unspecified atom stereocenters. The lowest BCUT2D eigenvalue weighted by molar-refractivity contribution is -0.135. The van der Waals surface area contributed by atoms with Gasteiger partial charge in [-0.25, -0.2) is 0 Å². The highest BCUT2D eigenvalue weighted by Crippen LogP contribution is 2.25. The molecule has 27 heavy (non-hydrogen) atoms. The van der Waals surface area contributed by atoms with Gasteiger partial charge >= 0.3 is 0 Å². The van der Waals surface area contributed by atoms with Crippen LogP contribution < -0.4 is 0 Å². The average molecular weight is 381 g/mol. The molecule has 0 aliphatic carbocycles. The van der Waals surface area contributed by atoms with Gasteiger partial charge in [0.05, 0.1) is 6.54 Å². The second kappa shape index (κ2) is 9.37. The van der Waals surface area contributed by atoms with E-state index >= 15 is 0 Å². The van der Waals surface area contributed by atoms with E-state index in [9.17, 15) is 9.59 Å². The van der Waals surface area contributed by atoms with Gasteiger partial charge < -0.3 is 9.80 Å². The summed E-state index contributed by atoms with van der Waals surface area (Å²) in [5, 5.41) is 0. The summed E-state index contributed by atoms with van der Waals surface area (Å²) in [4.78, 5) is 32.9. The van der Waals surface area contributed by atoms with Gasteiger partial charge in [-0.15, -0.1) is 0 Å². The van der Waals surface area contributed by atoms with Crippen LogP contribution in [0.4, 0.5) is 0 Å². The van der Waals surface area contributed by atoms with Crippen LogP contribution in [0.15, 0.2) is 0 Å². The number of hydrogen-bond acceptors (Lipinski definition) is 4. The molecule has 6 heteroatoms. The number of carbonyl (C=O) groups excluding carboxylic acids is 2. The van der Waals surface area contributed by atoms with E-state index in [1.54, 1.807) is 4.90 Å². The lowest BCUT2D eigenvalue weighted by atomic mass is 9.86. The van der Waals surface area contributed by atoms with Gasteiger partial charge in [0, 0.05) is 59.8 Å². The lowest BCUT2D eigenvalue weighted by Gasteiger charge is -2.41. The minimum Gasteiger partial charge on any atom is -0.348 e. The molecule has 6 nitrogen and oxygen atoms in total. The Hall–Kier alpha value is -1.14. The first-order valence-corrected chi connectivity index (χ1v) is 10.5. The second-order valence-corrected chi connectivity index (χ2v) is 9.97. The zero-order chi connectivity index (χ0) is 20.2. The van der Waals surface area contributed by atoms with Gasteiger partial charge in [-0.05, 0) is 30.2 Å². The van der Waals surface area contributed by atoms with Crippen molar-refractivity contribution in [2.24, 2.45) is 17.3 Å². The average Bonchev–Trinajstić information content (AvgIpc) is 2.56. The minimum absolute atomic E-state index is 0.0611. The molecule has 2 fully saturated rings. The fourth-order valence-electron chi connectivity index (χ4n) is 4.11. The van der Waals surface area contributed by atoms with Crippen LogP contribution in [-0.4, -0.2) is 97.9 Å². The van der Waals surface area contributed by atoms with Gasteiger partial charge in [0.2, 0.25) is 11.8 Å². The maximum Gasteiger partial charge on any atom is 0.236 e. The number of piperidine rings is 1. The zero-order valence-corrected chi connectivity index (χ0v) is 18.3. The van der Waals surface area contributed by atoms with Gasteiger partial charge in [0.25, 0.3) is 0 Å². The van der Waals surface area contributed by atoms with Crippen molar-refractivity contribution in [3.05, 3.63) is 0 Å². The third kappa shape index (κ3) is 7.07. The van der Waals surface area contributed by atoms with Crippen molar-refractivity contribution in [1.29, 1.82) is 0 Å². The van der Waals surface area contributed by atoms with E-state index in [2.05, 4.69) is 37.5 Å². The van der Waals surface area contributed by atoms with Crippen LogP contribution in [0.1, 0.15) is 40.5 Å². The van der Waals surface area contributed by atoms with E-state index in [1.807, 2.05) is 19.0 Å².